The molecule has 1 amide bonds. The summed E-state index contributed by atoms with van der Waals surface area (Å²) in [6, 6.07) is 17.0. The van der Waals surface area contributed by atoms with Crippen LogP contribution < -0.4 is 10.1 Å². The highest BCUT2D eigenvalue weighted by Crippen LogP contribution is 2.31. The molecule has 0 spiro atoms. The van der Waals surface area contributed by atoms with Crippen LogP contribution in [0.15, 0.2) is 54.6 Å². The number of anilines is 1. The molecule has 0 radical (unpaired) electrons. The van der Waals surface area contributed by atoms with Gasteiger partial charge in [-0.05, 0) is 43.5 Å². The second kappa shape index (κ2) is 9.73. The highest BCUT2D eigenvalue weighted by Gasteiger charge is 2.38. The van der Waals surface area contributed by atoms with Crippen molar-refractivity contribution in [3.63, 3.8) is 0 Å². The van der Waals surface area contributed by atoms with E-state index in [9.17, 15) is 13.2 Å². The van der Waals surface area contributed by atoms with Crippen molar-refractivity contribution in [3.8, 4) is 11.5 Å². The number of amides is 1. The Balaban J connectivity index is 1.47. The molecule has 6 nitrogen and oxygen atoms in total. The van der Waals surface area contributed by atoms with Gasteiger partial charge in [0, 0.05) is 12.1 Å². The summed E-state index contributed by atoms with van der Waals surface area (Å²) in [5, 5.41) is 3.23. The van der Waals surface area contributed by atoms with Crippen molar-refractivity contribution in [1.29, 1.82) is 0 Å². The molecule has 2 aromatic carbocycles. The Kier molecular flexibility index (Phi) is 6.80. The highest BCUT2D eigenvalue weighted by atomic mass is 32.2. The molecule has 166 valence electrons. The molecule has 0 aromatic heterocycles. The normalized spacial score (nSPS) is 20.8. The van der Waals surface area contributed by atoms with E-state index in [1.807, 2.05) is 59.5 Å². The number of sulfone groups is 1. The van der Waals surface area contributed by atoms with Gasteiger partial charge >= 0.3 is 0 Å². The lowest BCUT2D eigenvalue weighted by Crippen LogP contribution is -2.50. The van der Waals surface area contributed by atoms with E-state index in [4.69, 9.17) is 4.74 Å². The average molecular weight is 443 g/mol. The van der Waals surface area contributed by atoms with Gasteiger partial charge in [0.25, 0.3) is 0 Å². The molecule has 7 heteroatoms. The van der Waals surface area contributed by atoms with E-state index in [1.165, 1.54) is 6.42 Å². The molecule has 31 heavy (non-hydrogen) atoms. The van der Waals surface area contributed by atoms with E-state index in [-0.39, 0.29) is 36.0 Å². The standard InChI is InChI=1S/C24H30N2O4S/c27-24(26(19-9-3-1-4-10-19)20-15-16-31(28,29)18-20)17-25-22-13-7-8-14-23(22)30-21-11-5-2-6-12-21/h2,5-8,11-14,19-20,25H,1,3-4,9-10,15-18H2. The summed E-state index contributed by atoms with van der Waals surface area (Å²) in [7, 11) is -3.06. The van der Waals surface area contributed by atoms with Gasteiger partial charge in [0.1, 0.15) is 5.75 Å². The summed E-state index contributed by atoms with van der Waals surface area (Å²) in [5.41, 5.74) is 0.738. The zero-order valence-electron chi connectivity index (χ0n) is 17.7. The van der Waals surface area contributed by atoms with Crippen molar-refractivity contribution >= 4 is 21.4 Å². The quantitative estimate of drug-likeness (QED) is 0.694. The Bertz CT molecular complexity index is 988. The van der Waals surface area contributed by atoms with E-state index in [0.717, 1.165) is 37.1 Å². The van der Waals surface area contributed by atoms with Gasteiger partial charge < -0.3 is 15.0 Å². The molecule has 2 fully saturated rings. The van der Waals surface area contributed by atoms with Crippen LogP contribution in [0.2, 0.25) is 0 Å². The molecule has 1 heterocycles. The molecule has 2 aliphatic rings. The van der Waals surface area contributed by atoms with Gasteiger partial charge in [0.15, 0.2) is 15.6 Å². The molecule has 1 atom stereocenters. The predicted molar refractivity (Wildman–Crippen MR) is 122 cm³/mol. The van der Waals surface area contributed by atoms with Crippen LogP contribution in [-0.4, -0.2) is 49.4 Å². The number of carbonyl (C=O) groups excluding carboxylic acids is 1. The van der Waals surface area contributed by atoms with Crippen LogP contribution in [0.25, 0.3) is 0 Å². The predicted octanol–water partition coefficient (Wildman–Crippen LogP) is 4.24. The molecule has 0 bridgehead atoms. The molecule has 2 aromatic rings. The molecule has 1 saturated carbocycles. The van der Waals surface area contributed by atoms with Gasteiger partial charge in [0.05, 0.1) is 23.7 Å². The molecular weight excluding hydrogens is 412 g/mol. The first-order valence-electron chi connectivity index (χ1n) is 11.1. The number of ether oxygens (including phenoxy) is 1. The van der Waals surface area contributed by atoms with Gasteiger partial charge in [-0.3, -0.25) is 4.79 Å². The summed E-state index contributed by atoms with van der Waals surface area (Å²) in [4.78, 5) is 15.2. The Hall–Kier alpha value is -2.54. The minimum absolute atomic E-state index is 0.0384. The molecule has 1 saturated heterocycles. The molecule has 1 N–H and O–H groups in total. The van der Waals surface area contributed by atoms with Crippen LogP contribution in [0, 0.1) is 0 Å². The van der Waals surface area contributed by atoms with Crippen LogP contribution >= 0.6 is 0 Å². The van der Waals surface area contributed by atoms with Crippen LogP contribution in [0.3, 0.4) is 0 Å². The van der Waals surface area contributed by atoms with Gasteiger partial charge in [-0.2, -0.15) is 0 Å². The highest BCUT2D eigenvalue weighted by molar-refractivity contribution is 7.91. The lowest BCUT2D eigenvalue weighted by atomic mass is 9.93. The van der Waals surface area contributed by atoms with Gasteiger partial charge in [-0.1, -0.05) is 49.6 Å². The lowest BCUT2D eigenvalue weighted by Gasteiger charge is -2.38. The number of nitrogens with zero attached hydrogens (tertiary/aromatic N) is 1. The average Bonchev–Trinajstić information content (AvgIpc) is 3.14. The summed E-state index contributed by atoms with van der Waals surface area (Å²) >= 11 is 0. The summed E-state index contributed by atoms with van der Waals surface area (Å²) in [6.07, 6.45) is 5.82. The van der Waals surface area contributed by atoms with Crippen LogP contribution in [0.5, 0.6) is 11.5 Å². The van der Waals surface area contributed by atoms with Crippen LogP contribution in [0.4, 0.5) is 5.69 Å². The fourth-order valence-electron chi connectivity index (χ4n) is 4.64. The Morgan fingerprint density at radius 3 is 2.35 bits per heavy atom. The SMILES string of the molecule is O=C(CNc1ccccc1Oc1ccccc1)N(C1CCCCC1)C1CCS(=O)(=O)C1. The fraction of sp³-hybridized carbons (Fsp3) is 0.458. The maximum Gasteiger partial charge on any atom is 0.242 e. The number of carbonyl (C=O) groups is 1. The number of benzene rings is 2. The van der Waals surface area contributed by atoms with Crippen molar-refractivity contribution in [3.05, 3.63) is 54.6 Å². The van der Waals surface area contributed by atoms with Gasteiger partial charge in [-0.25, -0.2) is 8.42 Å². The molecular formula is C24H30N2O4S. The molecule has 1 aliphatic carbocycles. The Morgan fingerprint density at radius 2 is 1.65 bits per heavy atom. The van der Waals surface area contributed by atoms with Crippen molar-refractivity contribution in [1.82, 2.24) is 4.90 Å². The minimum Gasteiger partial charge on any atom is -0.455 e. The van der Waals surface area contributed by atoms with Crippen LogP contribution in [0.1, 0.15) is 38.5 Å². The number of para-hydroxylation sites is 3. The zero-order valence-corrected chi connectivity index (χ0v) is 18.5. The summed E-state index contributed by atoms with van der Waals surface area (Å²) in [5.74, 6) is 1.60. The second-order valence-corrected chi connectivity index (χ2v) is 10.6. The first-order valence-corrected chi connectivity index (χ1v) is 12.9. The van der Waals surface area contributed by atoms with Crippen LogP contribution in [-0.2, 0) is 14.6 Å². The third-order valence-electron chi connectivity index (χ3n) is 6.15. The van der Waals surface area contributed by atoms with E-state index in [2.05, 4.69) is 5.32 Å². The first kappa shape index (κ1) is 21.7. The Morgan fingerprint density at radius 1 is 0.935 bits per heavy atom. The van der Waals surface area contributed by atoms with Crippen molar-refractivity contribution < 1.29 is 17.9 Å². The van der Waals surface area contributed by atoms with Crippen molar-refractivity contribution in [2.75, 3.05) is 23.4 Å². The van der Waals surface area contributed by atoms with Crippen molar-refractivity contribution in [2.45, 2.75) is 50.6 Å². The molecule has 1 unspecified atom stereocenters. The molecule has 1 aliphatic heterocycles. The second-order valence-electron chi connectivity index (χ2n) is 8.41. The zero-order chi connectivity index (χ0) is 21.7. The number of rotatable bonds is 7. The number of nitrogens with one attached hydrogen (secondary N) is 1. The monoisotopic (exact) mass is 442 g/mol. The Labute approximate surface area is 184 Å². The van der Waals surface area contributed by atoms with Gasteiger partial charge in [-0.15, -0.1) is 0 Å². The number of hydrogen-bond acceptors (Lipinski definition) is 5. The van der Waals surface area contributed by atoms with E-state index < -0.39 is 9.84 Å². The van der Waals surface area contributed by atoms with Gasteiger partial charge in [0.2, 0.25) is 5.91 Å². The van der Waals surface area contributed by atoms with E-state index >= 15 is 0 Å². The molecule has 4 rings (SSSR count). The summed E-state index contributed by atoms with van der Waals surface area (Å²) in [6.45, 7) is 0.113. The summed E-state index contributed by atoms with van der Waals surface area (Å²) < 4.78 is 30.1. The third-order valence-corrected chi connectivity index (χ3v) is 7.90. The van der Waals surface area contributed by atoms with E-state index in [0.29, 0.717) is 12.2 Å². The number of hydrogen-bond donors (Lipinski definition) is 1. The fourth-order valence-corrected chi connectivity index (χ4v) is 6.35. The maximum atomic E-state index is 13.3. The van der Waals surface area contributed by atoms with Crippen molar-refractivity contribution in [2.24, 2.45) is 0 Å². The first-order chi connectivity index (χ1) is 15.0. The topological polar surface area (TPSA) is 75.7 Å². The van der Waals surface area contributed by atoms with E-state index in [1.54, 1.807) is 0 Å². The minimum atomic E-state index is -3.06. The smallest absolute Gasteiger partial charge is 0.242 e. The lowest BCUT2D eigenvalue weighted by molar-refractivity contribution is -0.134. The maximum absolute atomic E-state index is 13.3. The third kappa shape index (κ3) is 5.58. The largest absolute Gasteiger partial charge is 0.455 e.